The summed E-state index contributed by atoms with van der Waals surface area (Å²) in [5, 5.41) is 0. The summed E-state index contributed by atoms with van der Waals surface area (Å²) in [5.41, 5.74) is 7.10. The van der Waals surface area contributed by atoms with Crippen molar-refractivity contribution in [3.8, 4) is 0 Å². The molecule has 2 aromatic carbocycles. The highest BCUT2D eigenvalue weighted by Gasteiger charge is 2.28. The molecular formula is C23H24FN5O3S. The standard InChI is InChI=1S/C23H24FN5O3S/c1-15-13-17(8-9-19(15)24)33(31,32)28-21-7-3-2-6-18(21)22(30)29-12-4-5-16(14-29)20-10-11-26-23(25)27-20/h2-3,6-11,13,16,28H,4-5,12,14H2,1H3,(H2,25,26,27). The molecule has 10 heteroatoms. The number of carbonyl (C=O) groups is 1. The van der Waals surface area contributed by atoms with E-state index in [2.05, 4.69) is 14.7 Å². The predicted molar refractivity (Wildman–Crippen MR) is 123 cm³/mol. The highest BCUT2D eigenvalue weighted by atomic mass is 32.2. The minimum Gasteiger partial charge on any atom is -0.368 e. The van der Waals surface area contributed by atoms with Gasteiger partial charge in [0.05, 0.1) is 21.8 Å². The Morgan fingerprint density at radius 3 is 2.76 bits per heavy atom. The van der Waals surface area contributed by atoms with Gasteiger partial charge in [-0.05, 0) is 61.7 Å². The van der Waals surface area contributed by atoms with E-state index in [9.17, 15) is 17.6 Å². The second kappa shape index (κ2) is 9.14. The summed E-state index contributed by atoms with van der Waals surface area (Å²) < 4.78 is 41.9. The van der Waals surface area contributed by atoms with Gasteiger partial charge >= 0.3 is 0 Å². The fourth-order valence-electron chi connectivity index (χ4n) is 3.94. The van der Waals surface area contributed by atoms with Crippen LogP contribution >= 0.6 is 0 Å². The average Bonchev–Trinajstić information content (AvgIpc) is 2.80. The number of aromatic nitrogens is 2. The zero-order valence-corrected chi connectivity index (χ0v) is 18.8. The van der Waals surface area contributed by atoms with Crippen LogP contribution in [-0.2, 0) is 10.0 Å². The number of amides is 1. The van der Waals surface area contributed by atoms with Crippen LogP contribution in [0.1, 0.15) is 40.4 Å². The van der Waals surface area contributed by atoms with Gasteiger partial charge in [0.2, 0.25) is 5.95 Å². The molecular weight excluding hydrogens is 445 g/mol. The molecule has 0 radical (unpaired) electrons. The van der Waals surface area contributed by atoms with Crippen LogP contribution in [-0.4, -0.2) is 42.3 Å². The van der Waals surface area contributed by atoms with Crippen molar-refractivity contribution in [2.24, 2.45) is 0 Å². The van der Waals surface area contributed by atoms with Crippen LogP contribution in [0.25, 0.3) is 0 Å². The summed E-state index contributed by atoms with van der Waals surface area (Å²) in [4.78, 5) is 23.2. The van der Waals surface area contributed by atoms with Crippen molar-refractivity contribution in [3.63, 3.8) is 0 Å². The van der Waals surface area contributed by atoms with Gasteiger partial charge in [0.25, 0.3) is 15.9 Å². The van der Waals surface area contributed by atoms with Gasteiger partial charge in [0.15, 0.2) is 0 Å². The fourth-order valence-corrected chi connectivity index (χ4v) is 5.10. The van der Waals surface area contributed by atoms with E-state index in [4.69, 9.17) is 5.73 Å². The van der Waals surface area contributed by atoms with Gasteiger partial charge in [0, 0.05) is 25.2 Å². The first-order chi connectivity index (χ1) is 15.7. The maximum absolute atomic E-state index is 13.6. The quantitative estimate of drug-likeness (QED) is 0.592. The Kier molecular flexibility index (Phi) is 6.28. The number of hydrogen-bond donors (Lipinski definition) is 2. The maximum Gasteiger partial charge on any atom is 0.261 e. The molecule has 1 aromatic heterocycles. The fraction of sp³-hybridized carbons (Fsp3) is 0.261. The summed E-state index contributed by atoms with van der Waals surface area (Å²) in [7, 11) is -4.02. The number of nitrogens with zero attached hydrogens (tertiary/aromatic N) is 3. The number of carbonyl (C=O) groups excluding carboxylic acids is 1. The summed E-state index contributed by atoms with van der Waals surface area (Å²) in [6.45, 7) is 2.48. The van der Waals surface area contributed by atoms with Crippen molar-refractivity contribution in [1.82, 2.24) is 14.9 Å². The monoisotopic (exact) mass is 469 g/mol. The third kappa shape index (κ3) is 4.95. The third-order valence-electron chi connectivity index (χ3n) is 5.66. The largest absolute Gasteiger partial charge is 0.368 e. The normalized spacial score (nSPS) is 16.4. The van der Waals surface area contributed by atoms with Gasteiger partial charge in [-0.25, -0.2) is 22.8 Å². The van der Waals surface area contributed by atoms with Gasteiger partial charge in [-0.2, -0.15) is 0 Å². The Hall–Kier alpha value is -3.53. The Morgan fingerprint density at radius 1 is 1.21 bits per heavy atom. The van der Waals surface area contributed by atoms with Crippen LogP contribution < -0.4 is 10.5 Å². The van der Waals surface area contributed by atoms with Gasteiger partial charge in [-0.15, -0.1) is 0 Å². The Bertz CT molecular complexity index is 1300. The molecule has 1 atom stereocenters. The van der Waals surface area contributed by atoms with E-state index in [0.29, 0.717) is 13.1 Å². The SMILES string of the molecule is Cc1cc(S(=O)(=O)Nc2ccccc2C(=O)N2CCCC(c3ccnc(N)n3)C2)ccc1F. The summed E-state index contributed by atoms with van der Waals surface area (Å²) in [6.07, 6.45) is 3.24. The highest BCUT2D eigenvalue weighted by Crippen LogP contribution is 2.29. The minimum atomic E-state index is -4.02. The van der Waals surface area contributed by atoms with Gasteiger partial charge < -0.3 is 10.6 Å². The minimum absolute atomic E-state index is 0.0130. The molecule has 1 unspecified atom stereocenters. The molecule has 0 saturated carbocycles. The van der Waals surface area contributed by atoms with E-state index < -0.39 is 15.8 Å². The second-order valence-corrected chi connectivity index (χ2v) is 9.67. The molecule has 3 N–H and O–H groups in total. The molecule has 1 aliphatic rings. The molecule has 0 aliphatic carbocycles. The van der Waals surface area contributed by atoms with E-state index >= 15 is 0 Å². The highest BCUT2D eigenvalue weighted by molar-refractivity contribution is 7.92. The molecule has 0 bridgehead atoms. The molecule has 1 aliphatic heterocycles. The number of likely N-dealkylation sites (tertiary alicyclic amines) is 1. The number of halogens is 1. The van der Waals surface area contributed by atoms with E-state index in [1.54, 1.807) is 35.4 Å². The number of para-hydroxylation sites is 1. The number of nitrogens with two attached hydrogens (primary N) is 1. The molecule has 4 rings (SSSR count). The first-order valence-electron chi connectivity index (χ1n) is 10.5. The maximum atomic E-state index is 13.6. The Labute approximate surface area is 191 Å². The number of sulfonamides is 1. The predicted octanol–water partition coefficient (Wildman–Crippen LogP) is 3.33. The number of aryl methyl sites for hydroxylation is 1. The molecule has 1 saturated heterocycles. The number of benzene rings is 2. The van der Waals surface area contributed by atoms with Crippen LogP contribution in [0.2, 0.25) is 0 Å². The van der Waals surface area contributed by atoms with E-state index in [1.165, 1.54) is 25.1 Å². The molecule has 172 valence electrons. The number of piperidine rings is 1. The molecule has 8 nitrogen and oxygen atoms in total. The number of nitrogen functional groups attached to an aromatic ring is 1. The van der Waals surface area contributed by atoms with Crippen LogP contribution in [0.15, 0.2) is 59.6 Å². The van der Waals surface area contributed by atoms with Crippen LogP contribution in [0.3, 0.4) is 0 Å². The van der Waals surface area contributed by atoms with E-state index in [1.807, 2.05) is 0 Å². The second-order valence-electron chi connectivity index (χ2n) is 7.99. The van der Waals surface area contributed by atoms with Crippen molar-refractivity contribution in [1.29, 1.82) is 0 Å². The Morgan fingerprint density at radius 2 is 2.00 bits per heavy atom. The first-order valence-corrected chi connectivity index (χ1v) is 12.0. The van der Waals surface area contributed by atoms with Gasteiger partial charge in [0.1, 0.15) is 5.82 Å². The molecule has 2 heterocycles. The van der Waals surface area contributed by atoms with Crippen LogP contribution in [0, 0.1) is 12.7 Å². The topological polar surface area (TPSA) is 118 Å². The van der Waals surface area contributed by atoms with Crippen molar-refractivity contribution in [3.05, 3.63) is 77.4 Å². The van der Waals surface area contributed by atoms with Crippen LogP contribution in [0.5, 0.6) is 0 Å². The summed E-state index contributed by atoms with van der Waals surface area (Å²) >= 11 is 0. The lowest BCUT2D eigenvalue weighted by Crippen LogP contribution is -2.39. The molecule has 1 fully saturated rings. The number of anilines is 2. The molecule has 3 aromatic rings. The zero-order chi connectivity index (χ0) is 23.6. The Balaban J connectivity index is 1.57. The molecule has 33 heavy (non-hydrogen) atoms. The van der Waals surface area contributed by atoms with Gasteiger partial charge in [-0.3, -0.25) is 9.52 Å². The average molecular weight is 470 g/mol. The molecule has 0 spiro atoms. The van der Waals surface area contributed by atoms with E-state index in [0.717, 1.165) is 24.6 Å². The molecule has 1 amide bonds. The summed E-state index contributed by atoms with van der Waals surface area (Å²) in [5.74, 6) is -0.573. The number of nitrogens with one attached hydrogen (secondary N) is 1. The van der Waals surface area contributed by atoms with E-state index in [-0.39, 0.29) is 39.5 Å². The lowest BCUT2D eigenvalue weighted by Gasteiger charge is -2.33. The first kappa shape index (κ1) is 22.7. The summed E-state index contributed by atoms with van der Waals surface area (Å²) in [6, 6.07) is 11.8. The smallest absolute Gasteiger partial charge is 0.261 e. The number of hydrogen-bond acceptors (Lipinski definition) is 6. The van der Waals surface area contributed by atoms with Crippen LogP contribution in [0.4, 0.5) is 16.0 Å². The zero-order valence-electron chi connectivity index (χ0n) is 18.0. The number of rotatable bonds is 5. The third-order valence-corrected chi connectivity index (χ3v) is 7.03. The van der Waals surface area contributed by atoms with Crippen molar-refractivity contribution < 1.29 is 17.6 Å². The lowest BCUT2D eigenvalue weighted by atomic mass is 9.94. The lowest BCUT2D eigenvalue weighted by molar-refractivity contribution is 0.0707. The van der Waals surface area contributed by atoms with Crippen molar-refractivity contribution in [2.75, 3.05) is 23.5 Å². The van der Waals surface area contributed by atoms with Crippen molar-refractivity contribution in [2.45, 2.75) is 30.6 Å². The van der Waals surface area contributed by atoms with Gasteiger partial charge in [-0.1, -0.05) is 12.1 Å². The van der Waals surface area contributed by atoms with Crippen molar-refractivity contribution >= 4 is 27.6 Å².